The Morgan fingerprint density at radius 2 is 1.82 bits per heavy atom. The first-order valence-electron chi connectivity index (χ1n) is 15.3. The number of hydrogen-bond donors (Lipinski definition) is 1. The summed E-state index contributed by atoms with van der Waals surface area (Å²) in [4.78, 5) is 26.9. The largest absolute Gasteiger partial charge is 0.461 e. The maximum absolute atomic E-state index is 13.6. The number of rotatable bonds is 6. The van der Waals surface area contributed by atoms with Gasteiger partial charge in [0.25, 0.3) is 0 Å². The Bertz CT molecular complexity index is 1090. The first kappa shape index (κ1) is 28.9. The van der Waals surface area contributed by atoms with Crippen LogP contribution < -0.4 is 0 Å². The van der Waals surface area contributed by atoms with E-state index in [0.29, 0.717) is 35.7 Å². The van der Waals surface area contributed by atoms with E-state index in [-0.39, 0.29) is 29.1 Å². The summed E-state index contributed by atoms with van der Waals surface area (Å²) in [6.07, 6.45) is 11.4. The summed E-state index contributed by atoms with van der Waals surface area (Å²) < 4.78 is 17.9. The molecule has 0 aromatic carbocycles. The molecule has 218 valence electrons. The third kappa shape index (κ3) is 3.94. The smallest absolute Gasteiger partial charge is 0.338 e. The highest BCUT2D eigenvalue weighted by Crippen LogP contribution is 2.73. The van der Waals surface area contributed by atoms with E-state index in [9.17, 15) is 14.7 Å². The number of hydrogen-bond acceptors (Lipinski definition) is 6. The molecular weight excluding hydrogens is 492 g/mol. The summed E-state index contributed by atoms with van der Waals surface area (Å²) in [5, 5.41) is 10.2. The minimum atomic E-state index is -1.16. The lowest BCUT2D eigenvalue weighted by Gasteiger charge is -2.69. The zero-order valence-electron chi connectivity index (χ0n) is 25.4. The Morgan fingerprint density at radius 1 is 1.10 bits per heavy atom. The van der Waals surface area contributed by atoms with E-state index in [0.717, 1.165) is 12.0 Å². The zero-order valence-corrected chi connectivity index (χ0v) is 25.4. The van der Waals surface area contributed by atoms with E-state index in [1.165, 1.54) is 32.1 Å². The van der Waals surface area contributed by atoms with Crippen LogP contribution >= 0.6 is 0 Å². The van der Waals surface area contributed by atoms with Crippen LogP contribution in [-0.4, -0.2) is 42.1 Å². The van der Waals surface area contributed by atoms with Crippen LogP contribution in [-0.2, 0) is 23.8 Å². The second-order valence-electron chi connectivity index (χ2n) is 14.4. The van der Waals surface area contributed by atoms with E-state index in [1.807, 2.05) is 6.92 Å². The second kappa shape index (κ2) is 9.44. The quantitative estimate of drug-likeness (QED) is 0.385. The predicted molar refractivity (Wildman–Crippen MR) is 149 cm³/mol. The van der Waals surface area contributed by atoms with Crippen molar-refractivity contribution in [2.24, 2.45) is 39.4 Å². The van der Waals surface area contributed by atoms with Gasteiger partial charge in [-0.3, -0.25) is 4.79 Å². The van der Waals surface area contributed by atoms with Crippen molar-refractivity contribution in [3.63, 3.8) is 0 Å². The molecule has 6 nitrogen and oxygen atoms in total. The van der Waals surface area contributed by atoms with Crippen molar-refractivity contribution >= 4 is 11.9 Å². The normalized spacial score (nSPS) is 47.5. The number of esters is 2. The molecule has 0 aromatic heterocycles. The van der Waals surface area contributed by atoms with Crippen LogP contribution in [0.15, 0.2) is 23.3 Å². The van der Waals surface area contributed by atoms with Gasteiger partial charge in [0, 0.05) is 25.0 Å². The maximum Gasteiger partial charge on any atom is 0.338 e. The number of aliphatic hydroxyl groups excluding tert-OH is 1. The van der Waals surface area contributed by atoms with Gasteiger partial charge >= 0.3 is 11.9 Å². The molecule has 39 heavy (non-hydrogen) atoms. The number of carbonyl (C=O) groups excluding carboxylic acids is 2. The van der Waals surface area contributed by atoms with Gasteiger partial charge in [-0.25, -0.2) is 4.79 Å². The van der Waals surface area contributed by atoms with Crippen molar-refractivity contribution in [1.29, 1.82) is 0 Å². The van der Waals surface area contributed by atoms with E-state index >= 15 is 0 Å². The van der Waals surface area contributed by atoms with Crippen molar-refractivity contribution < 1.29 is 28.9 Å². The van der Waals surface area contributed by atoms with E-state index in [4.69, 9.17) is 14.2 Å². The molecule has 0 radical (unpaired) electrons. The molecule has 5 rings (SSSR count). The highest BCUT2D eigenvalue weighted by Gasteiger charge is 2.70. The number of carbonyl (C=O) groups is 2. The number of allylic oxidation sites excluding steroid dienone is 1. The standard InChI is InChI=1S/C33H50O6/c1-9-20(34)18-26(35)38-25-19-24-30(4)16-11-15-29(3,10-2)22(30)14-17-31(24,5)23-13-12-21-27(32(23,25)6)28(36)39-33(21,7)37-8/h12-13,20,22-25,34H,9-11,14-19H2,1-8H3/t20?,22-,23-,24+,25+,29-,30-,31-,32+,33-/m0/s1. The van der Waals surface area contributed by atoms with Gasteiger partial charge in [-0.05, 0) is 72.5 Å². The summed E-state index contributed by atoms with van der Waals surface area (Å²) in [5.41, 5.74) is 0.981. The van der Waals surface area contributed by atoms with Gasteiger partial charge in [-0.1, -0.05) is 66.5 Å². The average molecular weight is 543 g/mol. The van der Waals surface area contributed by atoms with Crippen molar-refractivity contribution in [3.05, 3.63) is 23.3 Å². The number of ether oxygens (including phenoxy) is 3. The molecule has 1 aliphatic heterocycles. The molecule has 4 aliphatic carbocycles. The number of aliphatic hydroxyl groups is 1. The van der Waals surface area contributed by atoms with Crippen LogP contribution in [0.2, 0.25) is 0 Å². The number of cyclic esters (lactones) is 1. The topological polar surface area (TPSA) is 82.1 Å². The molecular formula is C33H50O6. The lowest BCUT2D eigenvalue weighted by atomic mass is 9.35. The number of fused-ring (bicyclic) bond motifs is 6. The molecule has 0 spiro atoms. The number of methoxy groups -OCH3 is 1. The van der Waals surface area contributed by atoms with Crippen LogP contribution in [0.4, 0.5) is 0 Å². The second-order valence-corrected chi connectivity index (χ2v) is 14.4. The van der Waals surface area contributed by atoms with Crippen molar-refractivity contribution in [2.75, 3.05) is 7.11 Å². The Hall–Kier alpha value is -1.66. The van der Waals surface area contributed by atoms with Gasteiger partial charge in [0.05, 0.1) is 18.1 Å². The summed E-state index contributed by atoms with van der Waals surface area (Å²) in [5.74, 6) is -0.942. The fourth-order valence-corrected chi connectivity index (χ4v) is 10.3. The van der Waals surface area contributed by atoms with Crippen molar-refractivity contribution in [2.45, 2.75) is 124 Å². The zero-order chi connectivity index (χ0) is 28.6. The molecule has 0 saturated heterocycles. The van der Waals surface area contributed by atoms with E-state index in [1.54, 1.807) is 14.0 Å². The molecule has 3 saturated carbocycles. The van der Waals surface area contributed by atoms with Gasteiger partial charge in [0.15, 0.2) is 0 Å². The molecule has 1 N–H and O–H groups in total. The average Bonchev–Trinajstić information content (AvgIpc) is 3.15. The van der Waals surface area contributed by atoms with E-state index < -0.39 is 29.4 Å². The SMILES string of the molecule is CCC(O)CC(=O)O[C@@H]1C[C@@H]2[C@@]3(C)CCC[C@](C)(CC)[C@@H]3CC[C@@]2(C)[C@@H]2C=CC3=C(C(=O)O[C@]3(C)OC)[C@@]12C. The van der Waals surface area contributed by atoms with Crippen molar-refractivity contribution in [3.8, 4) is 0 Å². The summed E-state index contributed by atoms with van der Waals surface area (Å²) in [7, 11) is 1.56. The first-order chi connectivity index (χ1) is 18.2. The van der Waals surface area contributed by atoms with Gasteiger partial charge < -0.3 is 19.3 Å². The Balaban J connectivity index is 1.63. The summed E-state index contributed by atoms with van der Waals surface area (Å²) in [6.45, 7) is 15.5. The Kier molecular flexibility index (Phi) is 6.98. The highest BCUT2D eigenvalue weighted by atomic mass is 16.7. The third-order valence-corrected chi connectivity index (χ3v) is 12.7. The van der Waals surface area contributed by atoms with Crippen LogP contribution in [0, 0.1) is 39.4 Å². The van der Waals surface area contributed by atoms with Crippen LogP contribution in [0.5, 0.6) is 0 Å². The molecule has 1 heterocycles. The third-order valence-electron chi connectivity index (χ3n) is 12.7. The predicted octanol–water partition coefficient (Wildman–Crippen LogP) is 6.51. The molecule has 1 unspecified atom stereocenters. The molecule has 6 heteroatoms. The molecule has 0 bridgehead atoms. The van der Waals surface area contributed by atoms with Crippen LogP contribution in [0.25, 0.3) is 0 Å². The lowest BCUT2D eigenvalue weighted by Crippen LogP contribution is -2.65. The first-order valence-corrected chi connectivity index (χ1v) is 15.3. The highest BCUT2D eigenvalue weighted by molar-refractivity contribution is 5.96. The van der Waals surface area contributed by atoms with Gasteiger partial charge in [0.2, 0.25) is 5.79 Å². The van der Waals surface area contributed by atoms with E-state index in [2.05, 4.69) is 46.8 Å². The molecule has 5 aliphatic rings. The summed E-state index contributed by atoms with van der Waals surface area (Å²) in [6, 6.07) is 0. The summed E-state index contributed by atoms with van der Waals surface area (Å²) >= 11 is 0. The monoisotopic (exact) mass is 542 g/mol. The Morgan fingerprint density at radius 3 is 2.46 bits per heavy atom. The van der Waals surface area contributed by atoms with Gasteiger partial charge in [-0.15, -0.1) is 0 Å². The minimum Gasteiger partial charge on any atom is -0.461 e. The van der Waals surface area contributed by atoms with Crippen LogP contribution in [0.1, 0.15) is 106 Å². The fourth-order valence-electron chi connectivity index (χ4n) is 10.3. The molecule has 10 atom stereocenters. The lowest BCUT2D eigenvalue weighted by molar-refractivity contribution is -0.218. The van der Waals surface area contributed by atoms with Gasteiger partial charge in [-0.2, -0.15) is 0 Å². The minimum absolute atomic E-state index is 0.00994. The molecule has 0 amide bonds. The Labute approximate surface area is 234 Å². The van der Waals surface area contributed by atoms with Gasteiger partial charge in [0.1, 0.15) is 6.10 Å². The van der Waals surface area contributed by atoms with Crippen molar-refractivity contribution in [1.82, 2.24) is 0 Å². The fraction of sp³-hybridized carbons (Fsp3) is 0.818. The molecule has 0 aromatic rings. The van der Waals surface area contributed by atoms with Crippen LogP contribution in [0.3, 0.4) is 0 Å². The molecule has 3 fully saturated rings. The maximum atomic E-state index is 13.6.